The number of amides is 1. The SMILES string of the molecule is O=C(CSc1nc2ccccc2n1Cc1ccccc1)NN=Cc1cccc(OCc2ccccc2)c1. The fourth-order valence-corrected chi connectivity index (χ4v) is 4.66. The number of hydrogen-bond donors (Lipinski definition) is 1. The lowest BCUT2D eigenvalue weighted by Gasteiger charge is -2.09. The van der Waals surface area contributed by atoms with Gasteiger partial charge in [-0.1, -0.05) is 96.7 Å². The van der Waals surface area contributed by atoms with E-state index < -0.39 is 0 Å². The molecule has 184 valence electrons. The van der Waals surface area contributed by atoms with Gasteiger partial charge in [0.2, 0.25) is 0 Å². The maximum absolute atomic E-state index is 12.5. The Hall–Kier alpha value is -4.36. The molecule has 4 aromatic carbocycles. The molecule has 1 aromatic heterocycles. The lowest BCUT2D eigenvalue weighted by Crippen LogP contribution is -2.20. The number of hydrazone groups is 1. The molecule has 0 aliphatic rings. The highest BCUT2D eigenvalue weighted by Crippen LogP contribution is 2.25. The van der Waals surface area contributed by atoms with Crippen molar-refractivity contribution in [1.82, 2.24) is 15.0 Å². The van der Waals surface area contributed by atoms with Crippen molar-refractivity contribution in [1.29, 1.82) is 0 Å². The lowest BCUT2D eigenvalue weighted by atomic mass is 10.2. The Morgan fingerprint density at radius 2 is 1.62 bits per heavy atom. The number of thioether (sulfide) groups is 1. The number of nitrogens with zero attached hydrogens (tertiary/aromatic N) is 3. The summed E-state index contributed by atoms with van der Waals surface area (Å²) < 4.78 is 8.01. The maximum Gasteiger partial charge on any atom is 0.250 e. The van der Waals surface area contributed by atoms with Gasteiger partial charge in [0.1, 0.15) is 12.4 Å². The maximum atomic E-state index is 12.5. The Morgan fingerprint density at radius 1 is 0.892 bits per heavy atom. The van der Waals surface area contributed by atoms with E-state index in [-0.39, 0.29) is 11.7 Å². The second kappa shape index (κ2) is 12.1. The third-order valence-corrected chi connectivity index (χ3v) is 6.62. The molecule has 5 aromatic rings. The van der Waals surface area contributed by atoms with Crippen LogP contribution in [0.2, 0.25) is 0 Å². The van der Waals surface area contributed by atoms with Crippen LogP contribution in [0.4, 0.5) is 0 Å². The summed E-state index contributed by atoms with van der Waals surface area (Å²) >= 11 is 1.40. The fourth-order valence-electron chi connectivity index (χ4n) is 3.85. The Kier molecular flexibility index (Phi) is 7.93. The predicted molar refractivity (Wildman–Crippen MR) is 149 cm³/mol. The van der Waals surface area contributed by atoms with Gasteiger partial charge in [-0.2, -0.15) is 5.10 Å². The van der Waals surface area contributed by atoms with E-state index in [2.05, 4.69) is 33.3 Å². The molecule has 6 nitrogen and oxygen atoms in total. The van der Waals surface area contributed by atoms with Crippen molar-refractivity contribution in [2.24, 2.45) is 5.10 Å². The highest BCUT2D eigenvalue weighted by Gasteiger charge is 2.13. The minimum Gasteiger partial charge on any atom is -0.489 e. The smallest absolute Gasteiger partial charge is 0.250 e. The summed E-state index contributed by atoms with van der Waals surface area (Å²) in [5.41, 5.74) is 7.68. The number of imidazole rings is 1. The van der Waals surface area contributed by atoms with Gasteiger partial charge in [0.15, 0.2) is 5.16 Å². The number of carbonyl (C=O) groups is 1. The highest BCUT2D eigenvalue weighted by atomic mass is 32.2. The lowest BCUT2D eigenvalue weighted by molar-refractivity contribution is -0.118. The Balaban J connectivity index is 1.18. The largest absolute Gasteiger partial charge is 0.489 e. The second-order valence-electron chi connectivity index (χ2n) is 8.38. The number of para-hydroxylation sites is 2. The molecule has 0 bridgehead atoms. The molecule has 0 fully saturated rings. The number of benzene rings is 4. The molecule has 0 atom stereocenters. The number of ether oxygens (including phenoxy) is 1. The van der Waals surface area contributed by atoms with Crippen LogP contribution in [0.15, 0.2) is 119 Å². The summed E-state index contributed by atoms with van der Waals surface area (Å²) in [7, 11) is 0. The summed E-state index contributed by atoms with van der Waals surface area (Å²) in [6.45, 7) is 1.18. The van der Waals surface area contributed by atoms with Gasteiger partial charge in [-0.25, -0.2) is 10.4 Å². The van der Waals surface area contributed by atoms with Crippen molar-refractivity contribution >= 4 is 34.9 Å². The molecule has 0 spiro atoms. The first kappa shape index (κ1) is 24.3. The van der Waals surface area contributed by atoms with Gasteiger partial charge >= 0.3 is 0 Å². The van der Waals surface area contributed by atoms with Crippen LogP contribution in [-0.4, -0.2) is 27.4 Å². The molecule has 5 rings (SSSR count). The average Bonchev–Trinajstić information content (AvgIpc) is 3.29. The van der Waals surface area contributed by atoms with Gasteiger partial charge in [0.25, 0.3) is 5.91 Å². The van der Waals surface area contributed by atoms with E-state index in [4.69, 9.17) is 9.72 Å². The van der Waals surface area contributed by atoms with Crippen molar-refractivity contribution in [3.63, 3.8) is 0 Å². The normalized spacial score (nSPS) is 11.1. The van der Waals surface area contributed by atoms with E-state index in [1.807, 2.05) is 91.0 Å². The van der Waals surface area contributed by atoms with Crippen molar-refractivity contribution in [2.75, 3.05) is 5.75 Å². The first-order chi connectivity index (χ1) is 18.2. The van der Waals surface area contributed by atoms with E-state index in [0.717, 1.165) is 33.1 Å². The van der Waals surface area contributed by atoms with E-state index in [9.17, 15) is 4.79 Å². The van der Waals surface area contributed by atoms with Crippen LogP contribution in [0.5, 0.6) is 5.75 Å². The standard InChI is InChI=1S/C30H26N4O2S/c35-29(33-31-19-25-14-9-15-26(18-25)36-21-24-12-5-2-6-13-24)22-37-30-32-27-16-7-8-17-28(27)34(30)20-23-10-3-1-4-11-23/h1-19H,20-22H2,(H,33,35). The number of fused-ring (bicyclic) bond motifs is 1. The second-order valence-corrected chi connectivity index (χ2v) is 9.33. The average molecular weight is 507 g/mol. The number of aromatic nitrogens is 2. The van der Waals surface area contributed by atoms with Crippen LogP contribution in [0.1, 0.15) is 16.7 Å². The fraction of sp³-hybridized carbons (Fsp3) is 0.100. The minimum absolute atomic E-state index is 0.198. The van der Waals surface area contributed by atoms with Crippen molar-refractivity contribution < 1.29 is 9.53 Å². The van der Waals surface area contributed by atoms with Crippen LogP contribution in [0.3, 0.4) is 0 Å². The van der Waals surface area contributed by atoms with Crippen LogP contribution in [0, 0.1) is 0 Å². The molecule has 0 aliphatic heterocycles. The summed E-state index contributed by atoms with van der Waals surface area (Å²) in [5.74, 6) is 0.749. The van der Waals surface area contributed by atoms with Gasteiger partial charge < -0.3 is 9.30 Å². The van der Waals surface area contributed by atoms with Crippen molar-refractivity contribution in [2.45, 2.75) is 18.3 Å². The molecule has 0 saturated heterocycles. The zero-order valence-electron chi connectivity index (χ0n) is 20.2. The van der Waals surface area contributed by atoms with Crippen LogP contribution < -0.4 is 10.2 Å². The predicted octanol–water partition coefficient (Wildman–Crippen LogP) is 5.91. The molecular formula is C30H26N4O2S. The van der Waals surface area contributed by atoms with E-state index in [1.54, 1.807) is 6.21 Å². The molecule has 1 N–H and O–H groups in total. The molecule has 0 saturated carbocycles. The molecule has 0 radical (unpaired) electrons. The van der Waals surface area contributed by atoms with E-state index in [0.29, 0.717) is 13.2 Å². The van der Waals surface area contributed by atoms with Gasteiger partial charge in [-0.15, -0.1) is 0 Å². The summed E-state index contributed by atoms with van der Waals surface area (Å²) in [6.07, 6.45) is 1.61. The van der Waals surface area contributed by atoms with E-state index >= 15 is 0 Å². The molecule has 1 amide bonds. The molecule has 7 heteroatoms. The topological polar surface area (TPSA) is 68.5 Å². The zero-order valence-corrected chi connectivity index (χ0v) is 21.0. The summed E-state index contributed by atoms with van der Waals surface area (Å²) in [6, 6.07) is 35.9. The first-order valence-electron chi connectivity index (χ1n) is 12.0. The van der Waals surface area contributed by atoms with Gasteiger partial charge in [-0.3, -0.25) is 4.79 Å². The molecule has 1 heterocycles. The number of carbonyl (C=O) groups excluding carboxylic acids is 1. The van der Waals surface area contributed by atoms with E-state index in [1.165, 1.54) is 17.3 Å². The van der Waals surface area contributed by atoms with Crippen molar-refractivity contribution in [3.8, 4) is 5.75 Å². The molecule has 37 heavy (non-hydrogen) atoms. The van der Waals surface area contributed by atoms with Crippen LogP contribution in [0.25, 0.3) is 11.0 Å². The highest BCUT2D eigenvalue weighted by molar-refractivity contribution is 7.99. The number of nitrogens with one attached hydrogen (secondary N) is 1. The third kappa shape index (κ3) is 6.65. The van der Waals surface area contributed by atoms with Gasteiger partial charge in [0, 0.05) is 0 Å². The minimum atomic E-state index is -0.198. The summed E-state index contributed by atoms with van der Waals surface area (Å²) in [4.78, 5) is 17.3. The third-order valence-electron chi connectivity index (χ3n) is 5.64. The molecule has 0 unspecified atom stereocenters. The Labute approximate surface area is 220 Å². The molecule has 0 aliphatic carbocycles. The Morgan fingerprint density at radius 3 is 2.43 bits per heavy atom. The summed E-state index contributed by atoms with van der Waals surface area (Å²) in [5, 5.41) is 4.92. The van der Waals surface area contributed by atoms with Crippen LogP contribution in [-0.2, 0) is 17.9 Å². The first-order valence-corrected chi connectivity index (χ1v) is 12.9. The zero-order chi connectivity index (χ0) is 25.3. The number of rotatable bonds is 10. The number of hydrogen-bond acceptors (Lipinski definition) is 5. The van der Waals surface area contributed by atoms with Gasteiger partial charge in [-0.05, 0) is 41.0 Å². The van der Waals surface area contributed by atoms with Crippen LogP contribution >= 0.6 is 11.8 Å². The monoisotopic (exact) mass is 506 g/mol. The van der Waals surface area contributed by atoms with Crippen molar-refractivity contribution in [3.05, 3.63) is 126 Å². The van der Waals surface area contributed by atoms with Gasteiger partial charge in [0.05, 0.1) is 29.5 Å². The molecular weight excluding hydrogens is 480 g/mol. The Bertz CT molecular complexity index is 1500. The quantitative estimate of drug-likeness (QED) is 0.145.